The Bertz CT molecular complexity index is 447. The van der Waals surface area contributed by atoms with Gasteiger partial charge in [0.25, 0.3) is 5.91 Å². The van der Waals surface area contributed by atoms with E-state index in [4.69, 9.17) is 5.73 Å². The molecule has 2 N–H and O–H groups in total. The third kappa shape index (κ3) is 2.47. The van der Waals surface area contributed by atoms with Gasteiger partial charge in [-0.25, -0.2) is 4.39 Å². The van der Waals surface area contributed by atoms with Gasteiger partial charge in [0.1, 0.15) is 5.82 Å². The fourth-order valence-electron chi connectivity index (χ4n) is 2.52. The molecule has 3 nitrogen and oxygen atoms in total. The Morgan fingerprint density at radius 3 is 2.94 bits per heavy atom. The van der Waals surface area contributed by atoms with Crippen LogP contribution in [-0.2, 0) is 0 Å². The number of benzene rings is 1. The molecule has 2 rings (SSSR count). The highest BCUT2D eigenvalue weighted by Gasteiger charge is 2.26. The van der Waals surface area contributed by atoms with E-state index >= 15 is 0 Å². The molecule has 98 valence electrons. The molecule has 1 heterocycles. The Morgan fingerprint density at radius 2 is 2.28 bits per heavy atom. The number of hydrogen-bond donors (Lipinski definition) is 1. The lowest BCUT2D eigenvalue weighted by atomic mass is 9.99. The lowest BCUT2D eigenvalue weighted by Gasteiger charge is -2.35. The molecular weight excluding hydrogens is 231 g/mol. The van der Waals surface area contributed by atoms with Crippen LogP contribution in [0.3, 0.4) is 0 Å². The van der Waals surface area contributed by atoms with Crippen LogP contribution in [0.25, 0.3) is 0 Å². The van der Waals surface area contributed by atoms with Gasteiger partial charge < -0.3 is 10.6 Å². The van der Waals surface area contributed by atoms with Gasteiger partial charge >= 0.3 is 0 Å². The van der Waals surface area contributed by atoms with Crippen molar-refractivity contribution in [3.05, 3.63) is 29.6 Å². The van der Waals surface area contributed by atoms with Crippen LogP contribution in [0.1, 0.15) is 43.0 Å². The maximum atomic E-state index is 13.4. The van der Waals surface area contributed by atoms with Crippen molar-refractivity contribution in [2.45, 2.75) is 38.6 Å². The van der Waals surface area contributed by atoms with Crippen LogP contribution in [0.5, 0.6) is 0 Å². The number of likely N-dealkylation sites (tertiary alicyclic amines) is 1. The number of rotatable bonds is 2. The van der Waals surface area contributed by atoms with Gasteiger partial charge in [0.15, 0.2) is 0 Å². The Balaban J connectivity index is 2.21. The number of halogens is 1. The lowest BCUT2D eigenvalue weighted by molar-refractivity contribution is 0.0607. The average Bonchev–Trinajstić information content (AvgIpc) is 2.41. The first kappa shape index (κ1) is 12.9. The summed E-state index contributed by atoms with van der Waals surface area (Å²) in [6.45, 7) is 2.85. The number of nitrogen functional groups attached to an aromatic ring is 1. The van der Waals surface area contributed by atoms with Crippen LogP contribution >= 0.6 is 0 Å². The van der Waals surface area contributed by atoms with E-state index in [0.29, 0.717) is 5.56 Å². The summed E-state index contributed by atoms with van der Waals surface area (Å²) in [6.07, 6.45) is 4.18. The highest BCUT2D eigenvalue weighted by molar-refractivity contribution is 5.94. The van der Waals surface area contributed by atoms with Crippen molar-refractivity contribution in [2.75, 3.05) is 12.3 Å². The highest BCUT2D eigenvalue weighted by atomic mass is 19.1. The highest BCUT2D eigenvalue weighted by Crippen LogP contribution is 2.22. The van der Waals surface area contributed by atoms with Crippen LogP contribution in [-0.4, -0.2) is 23.4 Å². The minimum atomic E-state index is -0.522. The second-order valence-electron chi connectivity index (χ2n) is 4.79. The minimum absolute atomic E-state index is 0.0808. The van der Waals surface area contributed by atoms with Gasteiger partial charge in [0.05, 0.1) is 5.69 Å². The average molecular weight is 250 g/mol. The van der Waals surface area contributed by atoms with E-state index in [1.165, 1.54) is 18.6 Å². The summed E-state index contributed by atoms with van der Waals surface area (Å²) < 4.78 is 13.4. The van der Waals surface area contributed by atoms with Crippen molar-refractivity contribution < 1.29 is 9.18 Å². The van der Waals surface area contributed by atoms with Gasteiger partial charge in [-0.2, -0.15) is 0 Å². The molecule has 0 bridgehead atoms. The summed E-state index contributed by atoms with van der Waals surface area (Å²) in [7, 11) is 0. The summed E-state index contributed by atoms with van der Waals surface area (Å²) in [4.78, 5) is 14.2. The first-order valence-electron chi connectivity index (χ1n) is 6.49. The first-order valence-corrected chi connectivity index (χ1v) is 6.49. The Kier molecular flexibility index (Phi) is 3.84. The van der Waals surface area contributed by atoms with E-state index in [9.17, 15) is 9.18 Å². The van der Waals surface area contributed by atoms with Crippen molar-refractivity contribution in [3.8, 4) is 0 Å². The predicted octanol–water partition coefficient (Wildman–Crippen LogP) is 2.81. The molecule has 0 aliphatic carbocycles. The Hall–Kier alpha value is -1.58. The number of amides is 1. The maximum absolute atomic E-state index is 13.4. The first-order chi connectivity index (χ1) is 8.63. The van der Waals surface area contributed by atoms with E-state index in [1.807, 2.05) is 4.90 Å². The van der Waals surface area contributed by atoms with E-state index in [2.05, 4.69) is 6.92 Å². The molecule has 1 aliphatic heterocycles. The van der Waals surface area contributed by atoms with Gasteiger partial charge in [-0.3, -0.25) is 4.79 Å². The third-order valence-electron chi connectivity index (χ3n) is 3.61. The van der Waals surface area contributed by atoms with E-state index < -0.39 is 5.82 Å². The van der Waals surface area contributed by atoms with Crippen LogP contribution < -0.4 is 5.73 Å². The Morgan fingerprint density at radius 1 is 1.50 bits per heavy atom. The van der Waals surface area contributed by atoms with Crippen molar-refractivity contribution in [2.24, 2.45) is 0 Å². The number of carbonyl (C=O) groups is 1. The second kappa shape index (κ2) is 5.38. The third-order valence-corrected chi connectivity index (χ3v) is 3.61. The number of nitrogens with two attached hydrogens (primary N) is 1. The quantitative estimate of drug-likeness (QED) is 0.820. The number of nitrogens with zero attached hydrogens (tertiary/aromatic N) is 1. The number of hydrogen-bond acceptors (Lipinski definition) is 2. The zero-order valence-electron chi connectivity index (χ0n) is 10.7. The van der Waals surface area contributed by atoms with E-state index in [0.717, 1.165) is 25.8 Å². The van der Waals surface area contributed by atoms with Crippen molar-refractivity contribution in [1.29, 1.82) is 0 Å². The van der Waals surface area contributed by atoms with Gasteiger partial charge in [0.2, 0.25) is 0 Å². The predicted molar refractivity (Wildman–Crippen MR) is 69.8 cm³/mol. The van der Waals surface area contributed by atoms with Crippen molar-refractivity contribution in [3.63, 3.8) is 0 Å². The molecule has 4 heteroatoms. The normalized spacial score (nSPS) is 19.9. The van der Waals surface area contributed by atoms with Crippen molar-refractivity contribution >= 4 is 11.6 Å². The molecule has 1 amide bonds. The van der Waals surface area contributed by atoms with Gasteiger partial charge in [-0.1, -0.05) is 6.92 Å². The molecule has 1 aromatic carbocycles. The van der Waals surface area contributed by atoms with Crippen LogP contribution in [0.2, 0.25) is 0 Å². The number of anilines is 1. The molecule has 1 fully saturated rings. The molecule has 1 atom stereocenters. The summed E-state index contributed by atoms with van der Waals surface area (Å²) in [6, 6.07) is 4.57. The smallest absolute Gasteiger partial charge is 0.254 e. The van der Waals surface area contributed by atoms with Crippen LogP contribution in [0, 0.1) is 5.82 Å². The monoisotopic (exact) mass is 250 g/mol. The topological polar surface area (TPSA) is 46.3 Å². The summed E-state index contributed by atoms with van der Waals surface area (Å²) >= 11 is 0. The van der Waals surface area contributed by atoms with Gasteiger partial charge in [-0.15, -0.1) is 0 Å². The zero-order chi connectivity index (χ0) is 13.1. The van der Waals surface area contributed by atoms with Crippen LogP contribution in [0.4, 0.5) is 10.1 Å². The molecular formula is C14H19FN2O. The SMILES string of the molecule is CCC1CCCCN1C(=O)c1ccc(N)c(F)c1. The van der Waals surface area contributed by atoms with E-state index in [1.54, 1.807) is 6.07 Å². The summed E-state index contributed by atoms with van der Waals surface area (Å²) in [5.74, 6) is -0.605. The molecule has 0 saturated carbocycles. The summed E-state index contributed by atoms with van der Waals surface area (Å²) in [5.41, 5.74) is 5.89. The standard InChI is InChI=1S/C14H19FN2O/c1-2-11-5-3-4-8-17(11)14(18)10-6-7-13(16)12(15)9-10/h6-7,9,11H,2-5,8,16H2,1H3. The molecule has 0 spiro atoms. The fourth-order valence-corrected chi connectivity index (χ4v) is 2.52. The molecule has 1 aliphatic rings. The van der Waals surface area contributed by atoms with Crippen molar-refractivity contribution in [1.82, 2.24) is 4.90 Å². The minimum Gasteiger partial charge on any atom is -0.396 e. The van der Waals surface area contributed by atoms with Gasteiger partial charge in [-0.05, 0) is 43.9 Å². The fraction of sp³-hybridized carbons (Fsp3) is 0.500. The number of carbonyl (C=O) groups excluding carboxylic acids is 1. The maximum Gasteiger partial charge on any atom is 0.254 e. The molecule has 1 saturated heterocycles. The molecule has 1 unspecified atom stereocenters. The van der Waals surface area contributed by atoms with E-state index in [-0.39, 0.29) is 17.6 Å². The molecule has 0 radical (unpaired) electrons. The zero-order valence-corrected chi connectivity index (χ0v) is 10.7. The summed E-state index contributed by atoms with van der Waals surface area (Å²) in [5, 5.41) is 0. The molecule has 18 heavy (non-hydrogen) atoms. The molecule has 1 aromatic rings. The lowest BCUT2D eigenvalue weighted by Crippen LogP contribution is -2.43. The second-order valence-corrected chi connectivity index (χ2v) is 4.79. The van der Waals surface area contributed by atoms with Gasteiger partial charge in [0, 0.05) is 18.2 Å². The number of piperidine rings is 1. The molecule has 0 aromatic heterocycles. The largest absolute Gasteiger partial charge is 0.396 e. The Labute approximate surface area is 107 Å². The van der Waals surface area contributed by atoms with Crippen LogP contribution in [0.15, 0.2) is 18.2 Å².